The topological polar surface area (TPSA) is 29.1 Å². The van der Waals surface area contributed by atoms with E-state index in [0.29, 0.717) is 6.42 Å². The van der Waals surface area contributed by atoms with E-state index in [9.17, 15) is 4.79 Å². The molecule has 1 amide bonds. The van der Waals surface area contributed by atoms with Gasteiger partial charge in [0.25, 0.3) is 0 Å². The van der Waals surface area contributed by atoms with E-state index >= 15 is 0 Å². The van der Waals surface area contributed by atoms with E-state index in [1.54, 1.807) is 0 Å². The lowest BCUT2D eigenvalue weighted by atomic mass is 10.0. The summed E-state index contributed by atoms with van der Waals surface area (Å²) in [6.07, 6.45) is 11.3. The lowest BCUT2D eigenvalue weighted by Gasteiger charge is -2.14. The highest BCUT2D eigenvalue weighted by atomic mass is 16.1. The number of nitrogens with one attached hydrogen (secondary N) is 1. The summed E-state index contributed by atoms with van der Waals surface area (Å²) in [5.41, 5.74) is 3.54. The molecule has 1 aromatic carbocycles. The summed E-state index contributed by atoms with van der Waals surface area (Å²) >= 11 is 0. The quantitative estimate of drug-likeness (QED) is 0.507. The van der Waals surface area contributed by atoms with Crippen LogP contribution in [0.2, 0.25) is 0 Å². The molecule has 0 fully saturated rings. The Morgan fingerprint density at radius 3 is 1.95 bits per heavy atom. The van der Waals surface area contributed by atoms with E-state index in [1.807, 2.05) is 0 Å². The summed E-state index contributed by atoms with van der Waals surface area (Å²) in [6, 6.07) is 6.31. The minimum atomic E-state index is 0.171. The smallest absolute Gasteiger partial charge is 0.224 e. The van der Waals surface area contributed by atoms with E-state index in [0.717, 1.165) is 24.9 Å². The molecular weight excluding hydrogens is 270 g/mol. The number of unbranched alkanes of at least 4 members (excludes halogenated alkanes) is 6. The van der Waals surface area contributed by atoms with Gasteiger partial charge in [-0.1, -0.05) is 77.5 Å². The van der Waals surface area contributed by atoms with Gasteiger partial charge in [-0.25, -0.2) is 0 Å². The molecule has 0 heterocycles. The van der Waals surface area contributed by atoms with Gasteiger partial charge in [-0.2, -0.15) is 0 Å². The second kappa shape index (κ2) is 11.3. The van der Waals surface area contributed by atoms with Crippen molar-refractivity contribution in [1.82, 2.24) is 0 Å². The van der Waals surface area contributed by atoms with Crippen molar-refractivity contribution in [2.45, 2.75) is 85.0 Å². The molecule has 0 bridgehead atoms. The predicted molar refractivity (Wildman–Crippen MR) is 96.4 cm³/mol. The Hall–Kier alpha value is -1.31. The fraction of sp³-hybridized carbons (Fsp3) is 0.650. The molecule has 0 saturated heterocycles. The summed E-state index contributed by atoms with van der Waals surface area (Å²) in [5, 5.41) is 3.15. The molecule has 124 valence electrons. The zero-order chi connectivity index (χ0) is 16.2. The summed E-state index contributed by atoms with van der Waals surface area (Å²) in [6.45, 7) is 6.52. The second-order valence-electron chi connectivity index (χ2n) is 6.08. The van der Waals surface area contributed by atoms with Gasteiger partial charge in [-0.05, 0) is 30.4 Å². The maximum Gasteiger partial charge on any atom is 0.224 e. The molecule has 0 saturated carbocycles. The lowest BCUT2D eigenvalue weighted by molar-refractivity contribution is -0.116. The van der Waals surface area contributed by atoms with Crippen molar-refractivity contribution in [1.29, 1.82) is 0 Å². The summed E-state index contributed by atoms with van der Waals surface area (Å²) in [5.74, 6) is 0.171. The first-order chi connectivity index (χ1) is 10.7. The van der Waals surface area contributed by atoms with E-state index < -0.39 is 0 Å². The third kappa shape index (κ3) is 6.64. The van der Waals surface area contributed by atoms with Gasteiger partial charge in [-0.3, -0.25) is 4.79 Å². The minimum Gasteiger partial charge on any atom is -0.326 e. The molecule has 2 nitrogen and oxygen atoms in total. The third-order valence-electron chi connectivity index (χ3n) is 4.27. The average molecular weight is 303 g/mol. The van der Waals surface area contributed by atoms with Crippen LogP contribution in [0.25, 0.3) is 0 Å². The van der Waals surface area contributed by atoms with Crippen molar-refractivity contribution < 1.29 is 4.79 Å². The number of carbonyl (C=O) groups is 1. The highest BCUT2D eigenvalue weighted by Crippen LogP contribution is 2.23. The Bertz CT molecular complexity index is 417. The molecule has 0 aliphatic carbocycles. The maximum absolute atomic E-state index is 12.2. The highest BCUT2D eigenvalue weighted by Gasteiger charge is 2.09. The predicted octanol–water partition coefficient (Wildman–Crippen LogP) is 5.89. The van der Waals surface area contributed by atoms with Crippen LogP contribution in [0.1, 0.15) is 83.3 Å². The molecule has 1 rings (SSSR count). The Labute approximate surface area is 136 Å². The Kier molecular flexibility index (Phi) is 9.61. The number of hydrogen-bond acceptors (Lipinski definition) is 1. The Morgan fingerprint density at radius 1 is 0.864 bits per heavy atom. The van der Waals surface area contributed by atoms with Gasteiger partial charge >= 0.3 is 0 Å². The van der Waals surface area contributed by atoms with Gasteiger partial charge < -0.3 is 5.32 Å². The van der Waals surface area contributed by atoms with Crippen LogP contribution in [-0.4, -0.2) is 5.91 Å². The van der Waals surface area contributed by atoms with Crippen LogP contribution in [0.3, 0.4) is 0 Å². The number of amides is 1. The lowest BCUT2D eigenvalue weighted by Crippen LogP contribution is -2.14. The van der Waals surface area contributed by atoms with Crippen LogP contribution >= 0.6 is 0 Å². The molecular formula is C20H33NO. The zero-order valence-electron chi connectivity index (χ0n) is 14.7. The normalized spacial score (nSPS) is 10.7. The van der Waals surface area contributed by atoms with Gasteiger partial charge in [0.05, 0.1) is 0 Å². The van der Waals surface area contributed by atoms with E-state index in [2.05, 4.69) is 44.3 Å². The molecule has 1 N–H and O–H groups in total. The molecule has 0 radical (unpaired) electrons. The van der Waals surface area contributed by atoms with Crippen LogP contribution in [0, 0.1) is 0 Å². The number of rotatable bonds is 11. The zero-order valence-corrected chi connectivity index (χ0v) is 14.7. The Balaban J connectivity index is 2.36. The number of para-hydroxylation sites is 1. The van der Waals surface area contributed by atoms with Gasteiger partial charge in [0.1, 0.15) is 0 Å². The standard InChI is InChI=1S/C20H33NO/c1-4-7-8-9-10-11-12-16-19(22)21-20-17(5-2)14-13-15-18(20)6-3/h13-15H,4-12,16H2,1-3H3,(H,21,22). The largest absolute Gasteiger partial charge is 0.326 e. The molecule has 0 unspecified atom stereocenters. The molecule has 1 aromatic rings. The van der Waals surface area contributed by atoms with E-state index in [4.69, 9.17) is 0 Å². The van der Waals surface area contributed by atoms with E-state index in [1.165, 1.54) is 49.7 Å². The third-order valence-corrected chi connectivity index (χ3v) is 4.27. The fourth-order valence-corrected chi connectivity index (χ4v) is 2.85. The first-order valence-corrected chi connectivity index (χ1v) is 9.13. The highest BCUT2D eigenvalue weighted by molar-refractivity contribution is 5.92. The molecule has 0 aliphatic heterocycles. The van der Waals surface area contributed by atoms with Crippen molar-refractivity contribution in [2.75, 3.05) is 5.32 Å². The van der Waals surface area contributed by atoms with Gasteiger partial charge in [-0.15, -0.1) is 0 Å². The van der Waals surface area contributed by atoms with Crippen LogP contribution in [0.4, 0.5) is 5.69 Å². The summed E-state index contributed by atoms with van der Waals surface area (Å²) in [4.78, 5) is 12.2. The van der Waals surface area contributed by atoms with Crippen molar-refractivity contribution in [3.05, 3.63) is 29.3 Å². The fourth-order valence-electron chi connectivity index (χ4n) is 2.85. The molecule has 0 aromatic heterocycles. The first-order valence-electron chi connectivity index (χ1n) is 9.13. The van der Waals surface area contributed by atoms with Crippen LogP contribution in [0.15, 0.2) is 18.2 Å². The maximum atomic E-state index is 12.2. The number of benzene rings is 1. The number of hydrogen-bond donors (Lipinski definition) is 1. The SMILES string of the molecule is CCCCCCCCCC(=O)Nc1c(CC)cccc1CC. The molecule has 22 heavy (non-hydrogen) atoms. The van der Waals surface area contributed by atoms with Gasteiger partial charge in [0.15, 0.2) is 0 Å². The van der Waals surface area contributed by atoms with Crippen LogP contribution < -0.4 is 5.32 Å². The molecule has 0 atom stereocenters. The second-order valence-corrected chi connectivity index (χ2v) is 6.08. The monoisotopic (exact) mass is 303 g/mol. The van der Waals surface area contributed by atoms with Crippen molar-refractivity contribution in [2.24, 2.45) is 0 Å². The number of carbonyl (C=O) groups excluding carboxylic acids is 1. The minimum absolute atomic E-state index is 0.171. The first kappa shape index (κ1) is 18.7. The van der Waals surface area contributed by atoms with Gasteiger partial charge in [0, 0.05) is 12.1 Å². The van der Waals surface area contributed by atoms with Gasteiger partial charge in [0.2, 0.25) is 5.91 Å². The Morgan fingerprint density at radius 2 is 1.41 bits per heavy atom. The average Bonchev–Trinajstić information content (AvgIpc) is 2.54. The molecule has 2 heteroatoms. The van der Waals surface area contributed by atoms with Crippen molar-refractivity contribution in [3.63, 3.8) is 0 Å². The summed E-state index contributed by atoms with van der Waals surface area (Å²) in [7, 11) is 0. The number of anilines is 1. The van der Waals surface area contributed by atoms with Crippen LogP contribution in [0.5, 0.6) is 0 Å². The van der Waals surface area contributed by atoms with Crippen LogP contribution in [-0.2, 0) is 17.6 Å². The molecule has 0 spiro atoms. The van der Waals surface area contributed by atoms with Crippen molar-refractivity contribution in [3.8, 4) is 0 Å². The van der Waals surface area contributed by atoms with Crippen molar-refractivity contribution >= 4 is 11.6 Å². The summed E-state index contributed by atoms with van der Waals surface area (Å²) < 4.78 is 0. The number of aryl methyl sites for hydroxylation is 2. The molecule has 0 aliphatic rings. The van der Waals surface area contributed by atoms with E-state index in [-0.39, 0.29) is 5.91 Å².